The maximum absolute atomic E-state index is 14.2. The SMILES string of the molecule is COC(=O)c1ccc(C2CC(C(F)(F)F)N(C)CCN2Cc2c(OC)cc(C)c3c2ccn3C(=O)OC(C)(C)C)cc1. The molecule has 2 unspecified atom stereocenters. The zero-order valence-electron chi connectivity index (χ0n) is 25.0. The van der Waals surface area contributed by atoms with Gasteiger partial charge < -0.3 is 14.2 Å². The lowest BCUT2D eigenvalue weighted by Gasteiger charge is -2.33. The Morgan fingerprint density at radius 1 is 1.02 bits per heavy atom. The highest BCUT2D eigenvalue weighted by molar-refractivity contribution is 5.95. The molecular formula is C31H38F3N3O5. The van der Waals surface area contributed by atoms with Gasteiger partial charge in [0.15, 0.2) is 0 Å². The Bertz CT molecular complexity index is 1440. The van der Waals surface area contributed by atoms with Crippen LogP contribution in [0.15, 0.2) is 42.6 Å². The minimum Gasteiger partial charge on any atom is -0.496 e. The van der Waals surface area contributed by atoms with Gasteiger partial charge in [0.25, 0.3) is 0 Å². The number of rotatable bonds is 5. The first-order chi connectivity index (χ1) is 19.6. The van der Waals surface area contributed by atoms with Gasteiger partial charge in [-0.25, -0.2) is 9.59 Å². The molecule has 0 bridgehead atoms. The summed E-state index contributed by atoms with van der Waals surface area (Å²) < 4.78 is 60.2. The highest BCUT2D eigenvalue weighted by Gasteiger charge is 2.46. The van der Waals surface area contributed by atoms with E-state index in [9.17, 15) is 22.8 Å². The largest absolute Gasteiger partial charge is 0.496 e. The van der Waals surface area contributed by atoms with Gasteiger partial charge >= 0.3 is 18.2 Å². The minimum absolute atomic E-state index is 0.192. The lowest BCUT2D eigenvalue weighted by atomic mass is 9.95. The second-order valence-electron chi connectivity index (χ2n) is 11.7. The fraction of sp³-hybridized carbons (Fsp3) is 0.484. The van der Waals surface area contributed by atoms with E-state index in [1.165, 1.54) is 23.6 Å². The monoisotopic (exact) mass is 589 g/mol. The van der Waals surface area contributed by atoms with Crippen molar-refractivity contribution in [3.8, 4) is 5.75 Å². The van der Waals surface area contributed by atoms with Crippen molar-refractivity contribution >= 4 is 23.0 Å². The topological polar surface area (TPSA) is 73.2 Å². The summed E-state index contributed by atoms with van der Waals surface area (Å²) in [5.74, 6) is 0.0557. The van der Waals surface area contributed by atoms with Crippen LogP contribution in [-0.4, -0.2) is 78.6 Å². The van der Waals surface area contributed by atoms with Crippen LogP contribution < -0.4 is 4.74 Å². The zero-order valence-corrected chi connectivity index (χ0v) is 25.0. The number of ether oxygens (including phenoxy) is 3. The number of nitrogens with zero attached hydrogens (tertiary/aromatic N) is 3. The number of alkyl halides is 3. The molecule has 1 saturated heterocycles. The van der Waals surface area contributed by atoms with Crippen LogP contribution in [0.5, 0.6) is 5.75 Å². The number of carbonyl (C=O) groups is 2. The average molecular weight is 590 g/mol. The van der Waals surface area contributed by atoms with E-state index in [1.54, 1.807) is 58.3 Å². The number of methoxy groups -OCH3 is 2. The van der Waals surface area contributed by atoms with Gasteiger partial charge in [-0.15, -0.1) is 0 Å². The number of aryl methyl sites for hydroxylation is 1. The van der Waals surface area contributed by atoms with Crippen molar-refractivity contribution in [2.45, 2.75) is 64.5 Å². The molecule has 0 amide bonds. The summed E-state index contributed by atoms with van der Waals surface area (Å²) in [5.41, 5.74) is 2.48. The summed E-state index contributed by atoms with van der Waals surface area (Å²) in [4.78, 5) is 28.4. The van der Waals surface area contributed by atoms with Gasteiger partial charge in [-0.1, -0.05) is 12.1 Å². The van der Waals surface area contributed by atoms with E-state index in [1.807, 2.05) is 24.0 Å². The first-order valence-corrected chi connectivity index (χ1v) is 13.7. The first-order valence-electron chi connectivity index (χ1n) is 13.7. The smallest absolute Gasteiger partial charge is 0.419 e. The Hall–Kier alpha value is -3.57. The molecular weight excluding hydrogens is 551 g/mol. The minimum atomic E-state index is -4.42. The normalized spacial score (nSPS) is 19.0. The molecule has 42 heavy (non-hydrogen) atoms. The molecule has 11 heteroatoms. The molecule has 0 aliphatic carbocycles. The Morgan fingerprint density at radius 2 is 1.69 bits per heavy atom. The van der Waals surface area contributed by atoms with Crippen molar-refractivity contribution in [3.05, 3.63) is 64.8 Å². The number of fused-ring (bicyclic) bond motifs is 1. The first kappa shape index (κ1) is 31.4. The number of benzene rings is 2. The van der Waals surface area contributed by atoms with Gasteiger partial charge in [-0.3, -0.25) is 14.4 Å². The zero-order chi connectivity index (χ0) is 31.0. The van der Waals surface area contributed by atoms with Crippen molar-refractivity contribution in [1.82, 2.24) is 14.4 Å². The van der Waals surface area contributed by atoms with Crippen molar-refractivity contribution < 1.29 is 37.0 Å². The third-order valence-corrected chi connectivity index (χ3v) is 7.65. The molecule has 1 aromatic heterocycles. The van der Waals surface area contributed by atoms with E-state index in [4.69, 9.17) is 14.2 Å². The maximum atomic E-state index is 14.2. The molecule has 1 fully saturated rings. The van der Waals surface area contributed by atoms with Gasteiger partial charge in [0, 0.05) is 42.8 Å². The van der Waals surface area contributed by atoms with Gasteiger partial charge in [-0.05, 0) is 76.6 Å². The predicted octanol–water partition coefficient (Wildman–Crippen LogP) is 6.34. The van der Waals surface area contributed by atoms with E-state index in [2.05, 4.69) is 0 Å². The fourth-order valence-corrected chi connectivity index (χ4v) is 5.59. The Kier molecular flexibility index (Phi) is 8.94. The van der Waals surface area contributed by atoms with E-state index >= 15 is 0 Å². The summed E-state index contributed by atoms with van der Waals surface area (Å²) in [6.45, 7) is 8.05. The second kappa shape index (κ2) is 12.0. The molecule has 4 rings (SSSR count). The molecule has 0 saturated carbocycles. The Balaban J connectivity index is 1.80. The molecule has 1 aliphatic heterocycles. The number of hydrogen-bond acceptors (Lipinski definition) is 7. The molecule has 0 radical (unpaired) electrons. The number of hydrogen-bond donors (Lipinski definition) is 0. The van der Waals surface area contributed by atoms with E-state index < -0.39 is 35.9 Å². The quantitative estimate of drug-likeness (QED) is 0.322. The summed E-state index contributed by atoms with van der Waals surface area (Å²) in [5, 5.41) is 0.752. The molecule has 8 nitrogen and oxygen atoms in total. The third-order valence-electron chi connectivity index (χ3n) is 7.65. The van der Waals surface area contributed by atoms with Crippen molar-refractivity contribution in [2.24, 2.45) is 0 Å². The molecule has 228 valence electrons. The van der Waals surface area contributed by atoms with E-state index in [0.29, 0.717) is 28.9 Å². The number of esters is 1. The fourth-order valence-electron chi connectivity index (χ4n) is 5.59. The van der Waals surface area contributed by atoms with Crippen LogP contribution in [0, 0.1) is 6.92 Å². The predicted molar refractivity (Wildman–Crippen MR) is 153 cm³/mol. The van der Waals surface area contributed by atoms with Crippen molar-refractivity contribution in [3.63, 3.8) is 0 Å². The van der Waals surface area contributed by atoms with Crippen molar-refractivity contribution in [1.29, 1.82) is 0 Å². The summed E-state index contributed by atoms with van der Waals surface area (Å²) >= 11 is 0. The van der Waals surface area contributed by atoms with Crippen LogP contribution in [-0.2, 0) is 16.0 Å². The lowest BCUT2D eigenvalue weighted by molar-refractivity contribution is -0.181. The van der Waals surface area contributed by atoms with Crippen LogP contribution in [0.1, 0.15) is 60.3 Å². The number of carbonyl (C=O) groups excluding carboxylic acids is 2. The van der Waals surface area contributed by atoms with Crippen molar-refractivity contribution in [2.75, 3.05) is 34.4 Å². The Morgan fingerprint density at radius 3 is 2.26 bits per heavy atom. The Labute approximate surface area is 243 Å². The van der Waals surface area contributed by atoms with Gasteiger partial charge in [0.1, 0.15) is 17.4 Å². The summed E-state index contributed by atoms with van der Waals surface area (Å²) in [7, 11) is 4.32. The maximum Gasteiger partial charge on any atom is 0.419 e. The van der Waals surface area contributed by atoms with Crippen LogP contribution in [0.2, 0.25) is 0 Å². The van der Waals surface area contributed by atoms with Crippen LogP contribution in [0.4, 0.5) is 18.0 Å². The molecule has 2 heterocycles. The van der Waals surface area contributed by atoms with E-state index in [0.717, 1.165) is 16.5 Å². The van der Waals surface area contributed by atoms with E-state index in [-0.39, 0.29) is 19.5 Å². The summed E-state index contributed by atoms with van der Waals surface area (Å²) in [6, 6.07) is 7.88. The molecule has 2 aromatic carbocycles. The third kappa shape index (κ3) is 6.57. The van der Waals surface area contributed by atoms with Gasteiger partial charge in [-0.2, -0.15) is 13.2 Å². The number of halogens is 3. The van der Waals surface area contributed by atoms with Gasteiger partial charge in [0.05, 0.1) is 25.3 Å². The molecule has 0 spiro atoms. The lowest BCUT2D eigenvalue weighted by Crippen LogP contribution is -2.43. The van der Waals surface area contributed by atoms with Crippen LogP contribution in [0.25, 0.3) is 10.9 Å². The number of likely N-dealkylation sites (N-methyl/N-ethyl adjacent to an activating group) is 1. The highest BCUT2D eigenvalue weighted by Crippen LogP contribution is 2.40. The second-order valence-corrected chi connectivity index (χ2v) is 11.7. The molecule has 3 aromatic rings. The summed E-state index contributed by atoms with van der Waals surface area (Å²) in [6.07, 6.45) is -3.50. The van der Waals surface area contributed by atoms with Gasteiger partial charge in [0.2, 0.25) is 0 Å². The average Bonchev–Trinajstić information content (AvgIpc) is 3.29. The van der Waals surface area contributed by atoms with Crippen LogP contribution in [0.3, 0.4) is 0 Å². The number of aromatic nitrogens is 1. The molecule has 2 atom stereocenters. The standard InChI is InChI=1S/C31H38F3N3O5/c1-19-16-25(40-6)23(22-12-13-37(27(19)22)29(39)42-30(2,3)4)18-36-15-14-35(5)26(31(32,33)34)17-24(36)20-8-10-21(11-9-20)28(38)41-7/h8-13,16,24,26H,14-15,17-18H2,1-7H3. The molecule has 1 aliphatic rings. The van der Waals surface area contributed by atoms with Crippen LogP contribution >= 0.6 is 0 Å². The molecule has 0 N–H and O–H groups in total. The highest BCUT2D eigenvalue weighted by atomic mass is 19.4.